The van der Waals surface area contributed by atoms with Crippen molar-refractivity contribution in [2.75, 3.05) is 13.2 Å². The van der Waals surface area contributed by atoms with Crippen molar-refractivity contribution in [1.82, 2.24) is 5.43 Å². The van der Waals surface area contributed by atoms with Gasteiger partial charge in [0.2, 0.25) is 5.91 Å². The summed E-state index contributed by atoms with van der Waals surface area (Å²) in [5.74, 6) is -0.204. The molecule has 0 atom stereocenters. The fourth-order valence-corrected chi connectivity index (χ4v) is 1.60. The maximum absolute atomic E-state index is 11.3. The van der Waals surface area contributed by atoms with Gasteiger partial charge in [0, 0.05) is 17.2 Å². The minimum atomic E-state index is -0.204. The van der Waals surface area contributed by atoms with Gasteiger partial charge in [-0.1, -0.05) is 29.3 Å². The summed E-state index contributed by atoms with van der Waals surface area (Å²) in [7, 11) is 0. The second kappa shape index (κ2) is 8.08. The zero-order valence-electron chi connectivity index (χ0n) is 9.95. The number of ether oxygens (including phenoxy) is 1. The van der Waals surface area contributed by atoms with E-state index in [1.165, 1.54) is 6.21 Å². The number of hydrogen-bond acceptors (Lipinski definition) is 3. The third-order valence-corrected chi connectivity index (χ3v) is 2.60. The fraction of sp³-hybridized carbons (Fsp3) is 0.333. The standard InChI is InChI=1S/C12H14Cl2N2O2/c1-2-18-6-5-12(17)16-15-8-9-3-4-10(13)7-11(9)14/h3-4,7-8H,2,5-6H2,1H3,(H,16,17)/b15-8+. The van der Waals surface area contributed by atoms with E-state index in [-0.39, 0.29) is 12.3 Å². The van der Waals surface area contributed by atoms with Gasteiger partial charge in [0.05, 0.1) is 24.3 Å². The van der Waals surface area contributed by atoms with Crippen LogP contribution in [-0.2, 0) is 9.53 Å². The lowest BCUT2D eigenvalue weighted by Gasteiger charge is -2.01. The summed E-state index contributed by atoms with van der Waals surface area (Å²) in [6, 6.07) is 5.04. The van der Waals surface area contributed by atoms with Gasteiger partial charge in [0.1, 0.15) is 0 Å². The van der Waals surface area contributed by atoms with Crippen LogP contribution in [0.3, 0.4) is 0 Å². The number of nitrogens with one attached hydrogen (secondary N) is 1. The number of halogens is 2. The first-order valence-corrected chi connectivity index (χ1v) is 6.23. The van der Waals surface area contributed by atoms with Gasteiger partial charge in [-0.2, -0.15) is 5.10 Å². The average Bonchev–Trinajstić information content (AvgIpc) is 2.32. The number of carbonyl (C=O) groups excluding carboxylic acids is 1. The van der Waals surface area contributed by atoms with Crippen molar-refractivity contribution in [3.05, 3.63) is 33.8 Å². The highest BCUT2D eigenvalue weighted by molar-refractivity contribution is 6.36. The van der Waals surface area contributed by atoms with Gasteiger partial charge in [0.15, 0.2) is 0 Å². The van der Waals surface area contributed by atoms with Crippen LogP contribution in [-0.4, -0.2) is 25.3 Å². The lowest BCUT2D eigenvalue weighted by atomic mass is 10.2. The van der Waals surface area contributed by atoms with Crippen LogP contribution >= 0.6 is 23.2 Å². The van der Waals surface area contributed by atoms with E-state index < -0.39 is 0 Å². The highest BCUT2D eigenvalue weighted by Gasteiger charge is 2.00. The lowest BCUT2D eigenvalue weighted by Crippen LogP contribution is -2.19. The SMILES string of the molecule is CCOCCC(=O)N/N=C/c1ccc(Cl)cc1Cl. The predicted octanol–water partition coefficient (Wildman–Crippen LogP) is 2.87. The molecular formula is C12H14Cl2N2O2. The molecule has 0 unspecified atom stereocenters. The van der Waals surface area contributed by atoms with Gasteiger partial charge in [-0.05, 0) is 19.1 Å². The molecule has 0 aromatic heterocycles. The van der Waals surface area contributed by atoms with Crippen molar-refractivity contribution in [1.29, 1.82) is 0 Å². The average molecular weight is 289 g/mol. The van der Waals surface area contributed by atoms with Crippen molar-refractivity contribution in [2.24, 2.45) is 5.10 Å². The number of hydrogen-bond donors (Lipinski definition) is 1. The number of carbonyl (C=O) groups is 1. The van der Waals surface area contributed by atoms with E-state index in [2.05, 4.69) is 10.5 Å². The van der Waals surface area contributed by atoms with E-state index in [0.29, 0.717) is 28.8 Å². The first kappa shape index (κ1) is 15.0. The number of amides is 1. The normalized spacial score (nSPS) is 10.8. The third kappa shape index (κ3) is 5.49. The van der Waals surface area contributed by atoms with Crippen LogP contribution in [0.1, 0.15) is 18.9 Å². The summed E-state index contributed by atoms with van der Waals surface area (Å²) in [6.07, 6.45) is 1.75. The molecule has 0 aliphatic carbocycles. The molecular weight excluding hydrogens is 275 g/mol. The second-order valence-corrected chi connectivity index (χ2v) is 4.25. The van der Waals surface area contributed by atoms with Gasteiger partial charge in [-0.3, -0.25) is 4.79 Å². The number of rotatable bonds is 6. The number of benzene rings is 1. The Bertz CT molecular complexity index is 436. The predicted molar refractivity (Wildman–Crippen MR) is 73.3 cm³/mol. The van der Waals surface area contributed by atoms with Gasteiger partial charge in [-0.15, -0.1) is 0 Å². The Morgan fingerprint density at radius 2 is 2.28 bits per heavy atom. The van der Waals surface area contributed by atoms with Gasteiger partial charge >= 0.3 is 0 Å². The topological polar surface area (TPSA) is 50.7 Å². The number of nitrogens with zero attached hydrogens (tertiary/aromatic N) is 1. The van der Waals surface area contributed by atoms with E-state index in [0.717, 1.165) is 0 Å². The highest BCUT2D eigenvalue weighted by Crippen LogP contribution is 2.19. The van der Waals surface area contributed by atoms with Crippen LogP contribution in [0.15, 0.2) is 23.3 Å². The molecule has 0 radical (unpaired) electrons. The largest absolute Gasteiger partial charge is 0.381 e. The molecule has 1 N–H and O–H groups in total. The molecule has 0 fully saturated rings. The van der Waals surface area contributed by atoms with Crippen LogP contribution in [0.2, 0.25) is 10.0 Å². The van der Waals surface area contributed by atoms with E-state index >= 15 is 0 Å². The summed E-state index contributed by atoms with van der Waals surface area (Å²) >= 11 is 11.7. The molecule has 1 aromatic rings. The monoisotopic (exact) mass is 288 g/mol. The van der Waals surface area contributed by atoms with Crippen LogP contribution in [0, 0.1) is 0 Å². The summed E-state index contributed by atoms with van der Waals surface area (Å²) in [6.45, 7) is 2.86. The molecule has 4 nitrogen and oxygen atoms in total. The van der Waals surface area contributed by atoms with Crippen molar-refractivity contribution in [2.45, 2.75) is 13.3 Å². The van der Waals surface area contributed by atoms with Crippen LogP contribution in [0.5, 0.6) is 0 Å². The van der Waals surface area contributed by atoms with Crippen molar-refractivity contribution < 1.29 is 9.53 Å². The molecule has 0 saturated carbocycles. The minimum absolute atomic E-state index is 0.204. The fourth-order valence-electron chi connectivity index (χ4n) is 1.15. The molecule has 0 heterocycles. The Morgan fingerprint density at radius 3 is 2.94 bits per heavy atom. The van der Waals surface area contributed by atoms with Crippen molar-refractivity contribution >= 4 is 35.3 Å². The van der Waals surface area contributed by atoms with E-state index in [9.17, 15) is 4.79 Å². The van der Waals surface area contributed by atoms with Crippen LogP contribution in [0.25, 0.3) is 0 Å². The lowest BCUT2D eigenvalue weighted by molar-refractivity contribution is -0.122. The molecule has 1 amide bonds. The van der Waals surface area contributed by atoms with Gasteiger partial charge in [0.25, 0.3) is 0 Å². The molecule has 1 rings (SSSR count). The van der Waals surface area contributed by atoms with Crippen molar-refractivity contribution in [3.63, 3.8) is 0 Å². The Morgan fingerprint density at radius 1 is 1.50 bits per heavy atom. The Kier molecular flexibility index (Phi) is 6.72. The molecule has 0 spiro atoms. The molecule has 6 heteroatoms. The minimum Gasteiger partial charge on any atom is -0.381 e. The van der Waals surface area contributed by atoms with Crippen LogP contribution < -0.4 is 5.43 Å². The zero-order chi connectivity index (χ0) is 13.4. The Hall–Kier alpha value is -1.10. The Balaban J connectivity index is 2.42. The van der Waals surface area contributed by atoms with E-state index in [1.54, 1.807) is 18.2 Å². The summed E-state index contributed by atoms with van der Waals surface area (Å²) in [5.41, 5.74) is 3.08. The first-order valence-electron chi connectivity index (χ1n) is 5.48. The summed E-state index contributed by atoms with van der Waals surface area (Å²) in [5, 5.41) is 4.84. The molecule has 0 aliphatic heterocycles. The Labute approximate surface area is 116 Å². The molecule has 18 heavy (non-hydrogen) atoms. The molecule has 0 bridgehead atoms. The smallest absolute Gasteiger partial charge is 0.242 e. The first-order chi connectivity index (χ1) is 8.63. The highest BCUT2D eigenvalue weighted by atomic mass is 35.5. The maximum Gasteiger partial charge on any atom is 0.242 e. The van der Waals surface area contributed by atoms with Gasteiger partial charge in [-0.25, -0.2) is 5.43 Å². The van der Waals surface area contributed by atoms with E-state index in [1.807, 2.05) is 6.92 Å². The molecule has 0 saturated heterocycles. The van der Waals surface area contributed by atoms with Gasteiger partial charge < -0.3 is 4.74 Å². The summed E-state index contributed by atoms with van der Waals surface area (Å²) in [4.78, 5) is 11.3. The van der Waals surface area contributed by atoms with E-state index in [4.69, 9.17) is 27.9 Å². The third-order valence-electron chi connectivity index (χ3n) is 2.03. The second-order valence-electron chi connectivity index (χ2n) is 3.41. The van der Waals surface area contributed by atoms with Crippen molar-refractivity contribution in [3.8, 4) is 0 Å². The molecule has 98 valence electrons. The zero-order valence-corrected chi connectivity index (χ0v) is 11.5. The maximum atomic E-state index is 11.3. The number of hydrazone groups is 1. The van der Waals surface area contributed by atoms with Crippen LogP contribution in [0.4, 0.5) is 0 Å². The summed E-state index contributed by atoms with van der Waals surface area (Å²) < 4.78 is 5.05. The molecule has 0 aliphatic rings. The quantitative estimate of drug-likeness (QED) is 0.497. The molecule has 1 aromatic carbocycles.